The number of rotatable bonds is 1. The van der Waals surface area contributed by atoms with Gasteiger partial charge in [-0.3, -0.25) is 9.69 Å². The van der Waals surface area contributed by atoms with Crippen LogP contribution in [0.25, 0.3) is 0 Å². The predicted molar refractivity (Wildman–Crippen MR) is 99.8 cm³/mol. The van der Waals surface area contributed by atoms with Crippen molar-refractivity contribution in [3.63, 3.8) is 0 Å². The monoisotopic (exact) mass is 375 g/mol. The number of hydrogen-bond acceptors (Lipinski definition) is 8. The summed E-state index contributed by atoms with van der Waals surface area (Å²) in [7, 11) is 3.72. The van der Waals surface area contributed by atoms with Crippen molar-refractivity contribution in [1.82, 2.24) is 15.1 Å². The first-order chi connectivity index (χ1) is 11.5. The fourth-order valence-corrected chi connectivity index (χ4v) is 5.32. The second kappa shape index (κ2) is 5.91. The summed E-state index contributed by atoms with van der Waals surface area (Å²) in [6, 6.07) is 8.14. The number of carbonyl (C=O) groups is 1. The number of aromatic nitrogens is 2. The van der Waals surface area contributed by atoms with Crippen LogP contribution in [-0.2, 0) is 4.79 Å². The highest BCUT2D eigenvalue weighted by molar-refractivity contribution is 8.19. The molecule has 6 nitrogen and oxygen atoms in total. The molecule has 0 atom stereocenters. The largest absolute Gasteiger partial charge is 0.337 e. The number of amidine groups is 1. The van der Waals surface area contributed by atoms with Crippen molar-refractivity contribution in [3.8, 4) is 0 Å². The number of aryl methyl sites for hydroxylation is 1. The zero-order chi connectivity index (χ0) is 16.8. The van der Waals surface area contributed by atoms with Crippen molar-refractivity contribution in [2.24, 2.45) is 4.99 Å². The van der Waals surface area contributed by atoms with Gasteiger partial charge in [0.2, 0.25) is 5.13 Å². The average Bonchev–Trinajstić information content (AvgIpc) is 3.21. The number of fused-ring (bicyclic) bond motifs is 1. The van der Waals surface area contributed by atoms with Gasteiger partial charge in [-0.2, -0.15) is 4.99 Å². The highest BCUT2D eigenvalue weighted by atomic mass is 32.2. The highest BCUT2D eigenvalue weighted by Gasteiger charge is 2.37. The maximum Gasteiger partial charge on any atom is 0.269 e. The lowest BCUT2D eigenvalue weighted by Gasteiger charge is -2.14. The Bertz CT molecular complexity index is 904. The quantitative estimate of drug-likeness (QED) is 0.712. The number of amides is 1. The first-order valence-electron chi connectivity index (χ1n) is 7.14. The molecule has 0 bridgehead atoms. The van der Waals surface area contributed by atoms with E-state index in [9.17, 15) is 4.79 Å². The molecule has 0 unspecified atom stereocenters. The summed E-state index contributed by atoms with van der Waals surface area (Å²) >= 11 is 4.41. The molecule has 122 valence electrons. The van der Waals surface area contributed by atoms with Gasteiger partial charge in [-0.25, -0.2) is 0 Å². The van der Waals surface area contributed by atoms with Crippen LogP contribution >= 0.6 is 34.9 Å². The second-order valence-electron chi connectivity index (χ2n) is 5.23. The van der Waals surface area contributed by atoms with Crippen LogP contribution in [0.3, 0.4) is 0 Å². The van der Waals surface area contributed by atoms with Crippen molar-refractivity contribution < 1.29 is 4.79 Å². The maximum absolute atomic E-state index is 12.7. The molecule has 9 heteroatoms. The van der Waals surface area contributed by atoms with E-state index < -0.39 is 0 Å². The number of para-hydroxylation sites is 1. The summed E-state index contributed by atoms with van der Waals surface area (Å²) in [5, 5.41) is 11.0. The molecule has 1 fully saturated rings. The van der Waals surface area contributed by atoms with E-state index in [2.05, 4.69) is 32.2 Å². The van der Waals surface area contributed by atoms with Crippen LogP contribution in [0.4, 0.5) is 10.8 Å². The molecule has 1 aromatic heterocycles. The lowest BCUT2D eigenvalue weighted by atomic mass is 10.3. The van der Waals surface area contributed by atoms with Gasteiger partial charge in [-0.05, 0) is 30.8 Å². The van der Waals surface area contributed by atoms with Gasteiger partial charge in [0.15, 0.2) is 5.17 Å². The molecule has 24 heavy (non-hydrogen) atoms. The summed E-state index contributed by atoms with van der Waals surface area (Å²) in [6.07, 6.45) is 0. The van der Waals surface area contributed by atoms with Gasteiger partial charge < -0.3 is 4.90 Å². The number of likely N-dealkylation sites (N-methyl/N-ethyl adjacent to an activating group) is 1. The van der Waals surface area contributed by atoms with E-state index in [1.54, 1.807) is 23.7 Å². The first kappa shape index (κ1) is 15.7. The van der Waals surface area contributed by atoms with E-state index in [4.69, 9.17) is 0 Å². The summed E-state index contributed by atoms with van der Waals surface area (Å²) in [5.74, 6) is -0.0397. The molecule has 2 aliphatic rings. The Hall–Kier alpha value is -1.84. The Kier molecular flexibility index (Phi) is 3.86. The second-order valence-corrected chi connectivity index (χ2v) is 8.40. The maximum atomic E-state index is 12.7. The van der Waals surface area contributed by atoms with Gasteiger partial charge in [-0.1, -0.05) is 35.2 Å². The fourth-order valence-electron chi connectivity index (χ4n) is 2.39. The Morgan fingerprint density at radius 2 is 1.88 bits per heavy atom. The van der Waals surface area contributed by atoms with Crippen molar-refractivity contribution >= 4 is 56.8 Å². The number of nitrogens with zero attached hydrogens (tertiary/aromatic N) is 5. The molecule has 0 aliphatic carbocycles. The molecule has 2 aliphatic heterocycles. The van der Waals surface area contributed by atoms with Gasteiger partial charge >= 0.3 is 0 Å². The smallest absolute Gasteiger partial charge is 0.269 e. The van der Waals surface area contributed by atoms with Gasteiger partial charge in [0.05, 0.1) is 10.7 Å². The Balaban J connectivity index is 1.71. The molecule has 0 spiro atoms. The van der Waals surface area contributed by atoms with E-state index in [1.807, 2.05) is 26.1 Å². The fraction of sp³-hybridized carbons (Fsp3) is 0.200. The van der Waals surface area contributed by atoms with Crippen molar-refractivity contribution in [3.05, 3.63) is 39.2 Å². The number of hydrogen-bond donors (Lipinski definition) is 0. The SMILES string of the molecule is Cc1nnc(N=C2S/C(=C3\Sc4ccccc4N3C)C(=O)N2C)s1. The van der Waals surface area contributed by atoms with E-state index >= 15 is 0 Å². The lowest BCUT2D eigenvalue weighted by Crippen LogP contribution is -2.24. The normalized spacial score (nSPS) is 22.0. The summed E-state index contributed by atoms with van der Waals surface area (Å²) in [6.45, 7) is 1.88. The molecule has 1 aromatic carbocycles. The molecule has 3 heterocycles. The molecule has 1 saturated heterocycles. The summed E-state index contributed by atoms with van der Waals surface area (Å²) in [5.41, 5.74) is 1.12. The van der Waals surface area contributed by atoms with Gasteiger partial charge in [-0.15, -0.1) is 10.2 Å². The van der Waals surface area contributed by atoms with Crippen LogP contribution in [0, 0.1) is 6.92 Å². The minimum absolute atomic E-state index is 0.0397. The van der Waals surface area contributed by atoms with Crippen molar-refractivity contribution in [2.45, 2.75) is 11.8 Å². The third-order valence-corrected chi connectivity index (χ3v) is 6.84. The Labute approximate surface area is 151 Å². The minimum atomic E-state index is -0.0397. The van der Waals surface area contributed by atoms with E-state index in [-0.39, 0.29) is 5.91 Å². The van der Waals surface area contributed by atoms with Crippen LogP contribution in [0.1, 0.15) is 5.01 Å². The molecule has 0 radical (unpaired) electrons. The van der Waals surface area contributed by atoms with E-state index in [1.165, 1.54) is 23.1 Å². The average molecular weight is 376 g/mol. The summed E-state index contributed by atoms with van der Waals surface area (Å²) < 4.78 is 0. The third-order valence-electron chi connectivity index (χ3n) is 3.62. The topological polar surface area (TPSA) is 61.7 Å². The minimum Gasteiger partial charge on any atom is -0.337 e. The lowest BCUT2D eigenvalue weighted by molar-refractivity contribution is -0.121. The first-order valence-corrected chi connectivity index (χ1v) is 9.59. The van der Waals surface area contributed by atoms with Gasteiger partial charge in [0.25, 0.3) is 5.91 Å². The zero-order valence-electron chi connectivity index (χ0n) is 13.2. The molecular weight excluding hydrogens is 362 g/mol. The molecular formula is C15H13N5OS3. The number of carbonyl (C=O) groups excluding carboxylic acids is 1. The van der Waals surface area contributed by atoms with Gasteiger partial charge in [0, 0.05) is 19.0 Å². The molecule has 1 amide bonds. The number of aliphatic imine (C=N–C) groups is 1. The standard InChI is InChI=1S/C15H13N5OS3/c1-8-17-18-14(22-8)16-15-20(3)12(21)11(24-15)13-19(2)9-6-4-5-7-10(9)23-13/h4-7H,1-3H3/b13-11-,16-15?. The number of thioether (sulfide) groups is 2. The zero-order valence-corrected chi connectivity index (χ0v) is 15.6. The predicted octanol–water partition coefficient (Wildman–Crippen LogP) is 3.45. The van der Waals surface area contributed by atoms with E-state index in [0.717, 1.165) is 20.6 Å². The molecule has 2 aromatic rings. The third kappa shape index (κ3) is 2.52. The van der Waals surface area contributed by atoms with Gasteiger partial charge in [0.1, 0.15) is 9.91 Å². The van der Waals surface area contributed by atoms with Crippen molar-refractivity contribution in [1.29, 1.82) is 0 Å². The van der Waals surface area contributed by atoms with Crippen molar-refractivity contribution in [2.75, 3.05) is 19.0 Å². The number of anilines is 1. The highest BCUT2D eigenvalue weighted by Crippen LogP contribution is 2.49. The van der Waals surface area contributed by atoms with Crippen LogP contribution in [0.2, 0.25) is 0 Å². The Morgan fingerprint density at radius 1 is 1.08 bits per heavy atom. The molecule has 0 saturated carbocycles. The van der Waals surface area contributed by atoms with E-state index in [0.29, 0.717) is 15.2 Å². The Morgan fingerprint density at radius 3 is 2.58 bits per heavy atom. The number of benzene rings is 1. The summed E-state index contributed by atoms with van der Waals surface area (Å²) in [4.78, 5) is 22.6. The van der Waals surface area contributed by atoms with Crippen LogP contribution in [0.5, 0.6) is 0 Å². The molecule has 4 rings (SSSR count). The van der Waals surface area contributed by atoms with Crippen LogP contribution in [0.15, 0.2) is 44.1 Å². The molecule has 0 N–H and O–H groups in total. The van der Waals surface area contributed by atoms with Crippen LogP contribution < -0.4 is 4.90 Å². The van der Waals surface area contributed by atoms with Crippen LogP contribution in [-0.4, -0.2) is 40.3 Å².